The van der Waals surface area contributed by atoms with Gasteiger partial charge in [0.2, 0.25) is 0 Å². The fourth-order valence-corrected chi connectivity index (χ4v) is 1.21. The average molecular weight is 244 g/mol. The molecular formula is C12H8N2O4. The van der Waals surface area contributed by atoms with Gasteiger partial charge in [-0.2, -0.15) is 5.26 Å². The van der Waals surface area contributed by atoms with Crippen LogP contribution in [0.3, 0.4) is 0 Å². The quantitative estimate of drug-likeness (QED) is 0.341. The van der Waals surface area contributed by atoms with Gasteiger partial charge in [-0.05, 0) is 6.07 Å². The molecule has 0 aliphatic carbocycles. The van der Waals surface area contributed by atoms with Crippen LogP contribution in [0, 0.1) is 33.3 Å². The van der Waals surface area contributed by atoms with Crippen LogP contribution >= 0.6 is 0 Å². The van der Waals surface area contributed by atoms with Gasteiger partial charge in [-0.1, -0.05) is 11.8 Å². The lowest BCUT2D eigenvalue weighted by atomic mass is 10.1. The van der Waals surface area contributed by atoms with E-state index in [1.165, 1.54) is 19.2 Å². The molecule has 18 heavy (non-hydrogen) atoms. The standard InChI is InChI=1S/C12H8N2O4/c1-18-12(15)10-6-9(4-2-3-5-13)7-11(8-10)14(16)17/h6-8H,3H2,1H3. The molecule has 1 aromatic carbocycles. The van der Waals surface area contributed by atoms with E-state index in [4.69, 9.17) is 5.26 Å². The molecule has 0 atom stereocenters. The van der Waals surface area contributed by atoms with Gasteiger partial charge in [0.1, 0.15) is 0 Å². The first-order chi connectivity index (χ1) is 8.58. The maximum absolute atomic E-state index is 11.3. The zero-order chi connectivity index (χ0) is 13.5. The number of esters is 1. The number of hydrogen-bond acceptors (Lipinski definition) is 5. The Hall–Kier alpha value is -2.86. The molecule has 0 aliphatic rings. The number of non-ortho nitro benzene ring substituents is 1. The summed E-state index contributed by atoms with van der Waals surface area (Å²) in [7, 11) is 1.18. The van der Waals surface area contributed by atoms with Crippen LogP contribution in [0.1, 0.15) is 22.3 Å². The van der Waals surface area contributed by atoms with Crippen LogP contribution in [-0.4, -0.2) is 18.0 Å². The molecule has 6 nitrogen and oxygen atoms in total. The third-order valence-electron chi connectivity index (χ3n) is 1.95. The SMILES string of the molecule is COC(=O)c1cc(C#CCC#N)cc([N+](=O)[O-])c1. The third kappa shape index (κ3) is 3.32. The van der Waals surface area contributed by atoms with Crippen molar-refractivity contribution in [3.63, 3.8) is 0 Å². The van der Waals surface area contributed by atoms with Crippen LogP contribution in [0.4, 0.5) is 5.69 Å². The molecule has 6 heteroatoms. The third-order valence-corrected chi connectivity index (χ3v) is 1.95. The fraction of sp³-hybridized carbons (Fsp3) is 0.167. The zero-order valence-corrected chi connectivity index (χ0v) is 9.47. The van der Waals surface area contributed by atoms with E-state index < -0.39 is 10.9 Å². The molecule has 1 aromatic rings. The molecule has 0 radical (unpaired) electrons. The Morgan fingerprint density at radius 2 is 2.22 bits per heavy atom. The summed E-state index contributed by atoms with van der Waals surface area (Å²) < 4.78 is 4.49. The van der Waals surface area contributed by atoms with Gasteiger partial charge in [0.25, 0.3) is 5.69 Å². The van der Waals surface area contributed by atoms with Gasteiger partial charge >= 0.3 is 5.97 Å². The van der Waals surface area contributed by atoms with Gasteiger partial charge < -0.3 is 4.74 Å². The first-order valence-corrected chi connectivity index (χ1v) is 4.82. The average Bonchev–Trinajstić information content (AvgIpc) is 2.37. The van der Waals surface area contributed by atoms with E-state index in [1.54, 1.807) is 0 Å². The highest BCUT2D eigenvalue weighted by molar-refractivity contribution is 5.90. The normalized spacial score (nSPS) is 8.67. The Balaban J connectivity index is 3.24. The highest BCUT2D eigenvalue weighted by Gasteiger charge is 2.14. The first-order valence-electron chi connectivity index (χ1n) is 4.82. The molecule has 0 saturated heterocycles. The summed E-state index contributed by atoms with van der Waals surface area (Å²) >= 11 is 0. The minimum Gasteiger partial charge on any atom is -0.465 e. The second-order valence-electron chi connectivity index (χ2n) is 3.15. The Morgan fingerprint density at radius 1 is 1.50 bits per heavy atom. The van der Waals surface area contributed by atoms with Crippen molar-refractivity contribution >= 4 is 11.7 Å². The van der Waals surface area contributed by atoms with Crippen LogP contribution in [-0.2, 0) is 4.74 Å². The van der Waals surface area contributed by atoms with Gasteiger partial charge in [-0.25, -0.2) is 4.79 Å². The maximum atomic E-state index is 11.3. The number of ether oxygens (including phenoxy) is 1. The van der Waals surface area contributed by atoms with Crippen LogP contribution < -0.4 is 0 Å². The van der Waals surface area contributed by atoms with Crippen LogP contribution in [0.25, 0.3) is 0 Å². The van der Waals surface area contributed by atoms with Crippen molar-refractivity contribution in [3.05, 3.63) is 39.4 Å². The number of carbonyl (C=O) groups excluding carboxylic acids is 1. The fourth-order valence-electron chi connectivity index (χ4n) is 1.21. The molecule has 0 aromatic heterocycles. The van der Waals surface area contributed by atoms with Crippen LogP contribution in [0.5, 0.6) is 0 Å². The summed E-state index contributed by atoms with van der Waals surface area (Å²) in [5.74, 6) is 4.41. The Kier molecular flexibility index (Phi) is 4.42. The van der Waals surface area contributed by atoms with Crippen molar-refractivity contribution in [1.29, 1.82) is 5.26 Å². The summed E-state index contributed by atoms with van der Waals surface area (Å²) in [6.45, 7) is 0. The second-order valence-corrected chi connectivity index (χ2v) is 3.15. The largest absolute Gasteiger partial charge is 0.465 e. The Labute approximate surface area is 103 Å². The molecule has 0 unspecified atom stereocenters. The number of rotatable bonds is 2. The van der Waals surface area contributed by atoms with Gasteiger partial charge in [-0.3, -0.25) is 10.1 Å². The van der Waals surface area contributed by atoms with E-state index in [1.807, 2.05) is 6.07 Å². The number of benzene rings is 1. The molecule has 0 fully saturated rings. The molecule has 0 spiro atoms. The number of hydrogen-bond donors (Lipinski definition) is 0. The van der Waals surface area contributed by atoms with Gasteiger partial charge in [0, 0.05) is 17.7 Å². The molecule has 0 saturated carbocycles. The van der Waals surface area contributed by atoms with E-state index in [0.29, 0.717) is 5.56 Å². The number of methoxy groups -OCH3 is 1. The van der Waals surface area contributed by atoms with Crippen LogP contribution in [0.2, 0.25) is 0 Å². The second kappa shape index (κ2) is 6.02. The van der Waals surface area contributed by atoms with Crippen LogP contribution in [0.15, 0.2) is 18.2 Å². The summed E-state index contributed by atoms with van der Waals surface area (Å²) in [4.78, 5) is 21.4. The van der Waals surface area contributed by atoms with Crippen molar-refractivity contribution in [1.82, 2.24) is 0 Å². The smallest absolute Gasteiger partial charge is 0.338 e. The van der Waals surface area contributed by atoms with Gasteiger partial charge in [-0.15, -0.1) is 0 Å². The van der Waals surface area contributed by atoms with E-state index in [2.05, 4.69) is 16.6 Å². The van der Waals surface area contributed by atoms with Crippen molar-refractivity contribution in [3.8, 4) is 17.9 Å². The summed E-state index contributed by atoms with van der Waals surface area (Å²) in [6, 6.07) is 5.55. The number of nitro benzene ring substituents is 1. The molecule has 0 aliphatic heterocycles. The predicted molar refractivity (Wildman–Crippen MR) is 61.5 cm³/mol. The maximum Gasteiger partial charge on any atom is 0.338 e. The summed E-state index contributed by atoms with van der Waals surface area (Å²) in [5, 5.41) is 19.0. The summed E-state index contributed by atoms with van der Waals surface area (Å²) in [5.41, 5.74) is 0.0898. The molecule has 0 bridgehead atoms. The Bertz CT molecular complexity index is 590. The number of nitrogens with zero attached hydrogens (tertiary/aromatic N) is 2. The molecule has 0 heterocycles. The molecule has 90 valence electrons. The van der Waals surface area contributed by atoms with E-state index in [0.717, 1.165) is 6.07 Å². The topological polar surface area (TPSA) is 93.2 Å². The highest BCUT2D eigenvalue weighted by Crippen LogP contribution is 2.17. The number of carbonyl (C=O) groups is 1. The van der Waals surface area contributed by atoms with Gasteiger partial charge in [0.15, 0.2) is 0 Å². The summed E-state index contributed by atoms with van der Waals surface area (Å²) in [6.07, 6.45) is 0.0102. The first kappa shape index (κ1) is 13.2. The minimum atomic E-state index is -0.679. The molecule has 0 amide bonds. The lowest BCUT2D eigenvalue weighted by Gasteiger charge is -2.00. The van der Waals surface area contributed by atoms with E-state index in [9.17, 15) is 14.9 Å². The monoisotopic (exact) mass is 244 g/mol. The Morgan fingerprint density at radius 3 is 2.78 bits per heavy atom. The predicted octanol–water partition coefficient (Wildman–Crippen LogP) is 1.65. The number of nitro groups is 1. The molecular weight excluding hydrogens is 236 g/mol. The highest BCUT2D eigenvalue weighted by atomic mass is 16.6. The van der Waals surface area contributed by atoms with Crippen molar-refractivity contribution in [2.45, 2.75) is 6.42 Å². The van der Waals surface area contributed by atoms with Crippen molar-refractivity contribution in [2.75, 3.05) is 7.11 Å². The van der Waals surface area contributed by atoms with E-state index >= 15 is 0 Å². The molecule has 1 rings (SSSR count). The van der Waals surface area contributed by atoms with Gasteiger partial charge in [0.05, 0.1) is 30.1 Å². The lowest BCUT2D eigenvalue weighted by molar-refractivity contribution is -0.384. The zero-order valence-electron chi connectivity index (χ0n) is 9.47. The lowest BCUT2D eigenvalue weighted by Crippen LogP contribution is -2.02. The van der Waals surface area contributed by atoms with Crippen molar-refractivity contribution < 1.29 is 14.5 Å². The number of nitriles is 1. The minimum absolute atomic E-state index is 0.0102. The molecule has 0 N–H and O–H groups in total. The van der Waals surface area contributed by atoms with Crippen molar-refractivity contribution in [2.24, 2.45) is 0 Å². The van der Waals surface area contributed by atoms with E-state index in [-0.39, 0.29) is 17.7 Å².